The third-order valence-electron chi connectivity index (χ3n) is 4.90. The molecule has 0 saturated heterocycles. The van der Waals surface area contributed by atoms with Crippen molar-refractivity contribution in [2.24, 2.45) is 0 Å². The molecule has 0 fully saturated rings. The van der Waals surface area contributed by atoms with E-state index in [1.165, 1.54) is 0 Å². The summed E-state index contributed by atoms with van der Waals surface area (Å²) in [7, 11) is 0. The van der Waals surface area contributed by atoms with E-state index in [9.17, 15) is 4.79 Å². The summed E-state index contributed by atoms with van der Waals surface area (Å²) in [5.74, 6) is 1.88. The Balaban J connectivity index is 1.81. The van der Waals surface area contributed by atoms with E-state index in [1.54, 1.807) is 16.4 Å². The van der Waals surface area contributed by atoms with E-state index in [4.69, 9.17) is 21.4 Å². The molecule has 2 heterocycles. The Morgan fingerprint density at radius 1 is 1.24 bits per heavy atom. The molecule has 1 aliphatic rings. The van der Waals surface area contributed by atoms with Crippen LogP contribution in [0.3, 0.4) is 0 Å². The number of ether oxygens (including phenoxy) is 1. The number of carbonyl (C=O) groups excluding carboxylic acids is 1. The van der Waals surface area contributed by atoms with Crippen LogP contribution in [0.5, 0.6) is 5.75 Å². The lowest BCUT2D eigenvalue weighted by Crippen LogP contribution is -2.15. The predicted octanol–water partition coefficient (Wildman–Crippen LogP) is 5.32. The van der Waals surface area contributed by atoms with Crippen molar-refractivity contribution >= 4 is 35.1 Å². The fourth-order valence-corrected chi connectivity index (χ4v) is 4.82. The summed E-state index contributed by atoms with van der Waals surface area (Å²) in [6.45, 7) is 6.53. The van der Waals surface area contributed by atoms with Gasteiger partial charge >= 0.3 is 0 Å². The molecule has 0 unspecified atom stereocenters. The number of fused-ring (bicyclic) bond motifs is 1. The second-order valence-corrected chi connectivity index (χ2v) is 8.43. The maximum Gasteiger partial charge on any atom is 0.235 e. The first-order valence-corrected chi connectivity index (χ1v) is 10.9. The van der Waals surface area contributed by atoms with Gasteiger partial charge in [-0.25, -0.2) is 4.68 Å². The average Bonchev–Trinajstić information content (AvgIpc) is 2.91. The minimum Gasteiger partial charge on any atom is -0.494 e. The first-order chi connectivity index (χ1) is 14.0. The Kier molecular flexibility index (Phi) is 5.56. The zero-order chi connectivity index (χ0) is 20.5. The SMILES string of the molecule is CCOc1ccc([C@H]2SCC(=O)Nc3c2c(C)nn3-c2ccc(C)c(Cl)c2)cc1. The molecule has 0 aliphatic carbocycles. The van der Waals surface area contributed by atoms with Gasteiger partial charge in [0.2, 0.25) is 5.91 Å². The summed E-state index contributed by atoms with van der Waals surface area (Å²) in [6, 6.07) is 13.9. The number of rotatable bonds is 4. The Morgan fingerprint density at radius 3 is 2.69 bits per heavy atom. The van der Waals surface area contributed by atoms with Gasteiger partial charge in [-0.3, -0.25) is 4.79 Å². The second-order valence-electron chi connectivity index (χ2n) is 6.93. The van der Waals surface area contributed by atoms with Crippen LogP contribution in [0.15, 0.2) is 42.5 Å². The topological polar surface area (TPSA) is 56.1 Å². The van der Waals surface area contributed by atoms with Crippen LogP contribution in [0.2, 0.25) is 5.02 Å². The van der Waals surface area contributed by atoms with Crippen molar-refractivity contribution < 1.29 is 9.53 Å². The zero-order valence-electron chi connectivity index (χ0n) is 16.5. The van der Waals surface area contributed by atoms with E-state index >= 15 is 0 Å². The molecule has 29 heavy (non-hydrogen) atoms. The summed E-state index contributed by atoms with van der Waals surface area (Å²) in [5.41, 5.74) is 4.83. The molecule has 0 spiro atoms. The highest BCUT2D eigenvalue weighted by Crippen LogP contribution is 2.44. The second kappa shape index (κ2) is 8.13. The van der Waals surface area contributed by atoms with Gasteiger partial charge in [-0.15, -0.1) is 11.8 Å². The number of nitrogens with one attached hydrogen (secondary N) is 1. The molecule has 7 heteroatoms. The van der Waals surface area contributed by atoms with Crippen LogP contribution in [0.4, 0.5) is 5.82 Å². The molecule has 1 atom stereocenters. The molecular weight excluding hydrogens is 406 g/mol. The largest absolute Gasteiger partial charge is 0.494 e. The van der Waals surface area contributed by atoms with Gasteiger partial charge in [0, 0.05) is 10.6 Å². The lowest BCUT2D eigenvalue weighted by atomic mass is 10.0. The summed E-state index contributed by atoms with van der Waals surface area (Å²) in [4.78, 5) is 12.5. The number of anilines is 1. The highest BCUT2D eigenvalue weighted by Gasteiger charge is 2.30. The maximum atomic E-state index is 12.5. The van der Waals surface area contributed by atoms with Gasteiger partial charge < -0.3 is 10.1 Å². The van der Waals surface area contributed by atoms with E-state index in [1.807, 2.05) is 51.1 Å². The Morgan fingerprint density at radius 2 is 2.00 bits per heavy atom. The fraction of sp³-hybridized carbons (Fsp3) is 0.273. The number of amides is 1. The van der Waals surface area contributed by atoms with Crippen molar-refractivity contribution in [3.63, 3.8) is 0 Å². The molecule has 4 rings (SSSR count). The molecule has 0 radical (unpaired) electrons. The van der Waals surface area contributed by atoms with E-state index in [0.717, 1.165) is 33.8 Å². The lowest BCUT2D eigenvalue weighted by molar-refractivity contribution is -0.113. The van der Waals surface area contributed by atoms with Crippen LogP contribution >= 0.6 is 23.4 Å². The van der Waals surface area contributed by atoms with Crippen LogP contribution in [0.25, 0.3) is 5.69 Å². The quantitative estimate of drug-likeness (QED) is 0.612. The standard InChI is InChI=1S/C22H22ClN3O2S/c1-4-28-17-9-6-15(7-10-17)21-20-14(3)25-26(22(20)24-19(27)12-29-21)16-8-5-13(2)18(23)11-16/h5-11,21H,4,12H2,1-3H3,(H,24,27)/t21-/m1/s1. The van der Waals surface area contributed by atoms with Crippen molar-refractivity contribution in [1.29, 1.82) is 0 Å². The van der Waals surface area contributed by atoms with Gasteiger partial charge in [0.25, 0.3) is 0 Å². The van der Waals surface area contributed by atoms with Crippen molar-refractivity contribution in [3.05, 3.63) is 69.9 Å². The van der Waals surface area contributed by atoms with Gasteiger partial charge in [-0.2, -0.15) is 5.10 Å². The van der Waals surface area contributed by atoms with Crippen LogP contribution in [0.1, 0.15) is 34.6 Å². The number of carbonyl (C=O) groups is 1. The monoisotopic (exact) mass is 427 g/mol. The molecule has 1 amide bonds. The zero-order valence-corrected chi connectivity index (χ0v) is 18.1. The molecule has 0 saturated carbocycles. The first kappa shape index (κ1) is 19.9. The van der Waals surface area contributed by atoms with Gasteiger partial charge in [-0.1, -0.05) is 29.8 Å². The minimum absolute atomic E-state index is 0.00528. The van der Waals surface area contributed by atoms with Crippen LogP contribution in [-0.2, 0) is 4.79 Å². The van der Waals surface area contributed by atoms with Crippen LogP contribution in [-0.4, -0.2) is 28.0 Å². The Labute approximate surface area is 179 Å². The average molecular weight is 428 g/mol. The number of hydrogen-bond acceptors (Lipinski definition) is 4. The highest BCUT2D eigenvalue weighted by atomic mass is 35.5. The summed E-state index contributed by atoms with van der Waals surface area (Å²) in [6.07, 6.45) is 0. The van der Waals surface area contributed by atoms with E-state index in [0.29, 0.717) is 23.2 Å². The molecular formula is C22H22ClN3O2S. The third-order valence-corrected chi connectivity index (χ3v) is 6.58. The molecule has 3 aromatic rings. The van der Waals surface area contributed by atoms with Gasteiger partial charge in [0.05, 0.1) is 29.0 Å². The fourth-order valence-electron chi connectivity index (χ4n) is 3.45. The number of nitrogens with zero attached hydrogens (tertiary/aromatic N) is 2. The van der Waals surface area contributed by atoms with E-state index in [2.05, 4.69) is 17.4 Å². The van der Waals surface area contributed by atoms with Crippen molar-refractivity contribution in [2.45, 2.75) is 26.0 Å². The number of halogens is 1. The number of aromatic nitrogens is 2. The summed E-state index contributed by atoms with van der Waals surface area (Å²) < 4.78 is 7.34. The summed E-state index contributed by atoms with van der Waals surface area (Å²) in [5, 5.41) is 8.45. The van der Waals surface area contributed by atoms with Gasteiger partial charge in [-0.05, 0) is 56.2 Å². The lowest BCUT2D eigenvalue weighted by Gasteiger charge is -2.16. The van der Waals surface area contributed by atoms with E-state index < -0.39 is 0 Å². The third kappa shape index (κ3) is 3.87. The Bertz CT molecular complexity index is 1060. The molecule has 5 nitrogen and oxygen atoms in total. The molecule has 1 N–H and O–H groups in total. The number of benzene rings is 2. The molecule has 0 bridgehead atoms. The van der Waals surface area contributed by atoms with Gasteiger partial charge in [0.15, 0.2) is 0 Å². The smallest absolute Gasteiger partial charge is 0.235 e. The molecule has 1 aromatic heterocycles. The maximum absolute atomic E-state index is 12.5. The van der Waals surface area contributed by atoms with E-state index in [-0.39, 0.29) is 11.2 Å². The van der Waals surface area contributed by atoms with Crippen molar-refractivity contribution in [1.82, 2.24) is 9.78 Å². The Hall–Kier alpha value is -2.44. The van der Waals surface area contributed by atoms with Gasteiger partial charge in [0.1, 0.15) is 11.6 Å². The van der Waals surface area contributed by atoms with Crippen LogP contribution in [0, 0.1) is 13.8 Å². The number of hydrogen-bond donors (Lipinski definition) is 1. The van der Waals surface area contributed by atoms with Crippen LogP contribution < -0.4 is 10.1 Å². The molecule has 1 aliphatic heterocycles. The highest BCUT2D eigenvalue weighted by molar-refractivity contribution is 8.00. The summed E-state index contributed by atoms with van der Waals surface area (Å²) >= 11 is 7.94. The normalized spacial score (nSPS) is 16.1. The number of aryl methyl sites for hydroxylation is 2. The predicted molar refractivity (Wildman–Crippen MR) is 119 cm³/mol. The number of thioether (sulfide) groups is 1. The first-order valence-electron chi connectivity index (χ1n) is 9.48. The molecule has 150 valence electrons. The van der Waals surface area contributed by atoms with Crippen molar-refractivity contribution in [2.75, 3.05) is 17.7 Å². The van der Waals surface area contributed by atoms with Crippen molar-refractivity contribution in [3.8, 4) is 11.4 Å². The minimum atomic E-state index is -0.0379. The molecule has 2 aromatic carbocycles.